The minimum atomic E-state index is -3.09. The van der Waals surface area contributed by atoms with Crippen LogP contribution < -0.4 is 5.32 Å². The number of methoxy groups -OCH3 is 1. The maximum absolute atomic E-state index is 11.9. The number of rotatable bonds is 4. The van der Waals surface area contributed by atoms with Crippen molar-refractivity contribution in [3.63, 3.8) is 0 Å². The highest BCUT2D eigenvalue weighted by Gasteiger charge is 2.17. The van der Waals surface area contributed by atoms with Gasteiger partial charge in [-0.1, -0.05) is 0 Å². The number of nitrogens with one attached hydrogen (secondary N) is 1. The fraction of sp³-hybridized carbons (Fsp3) is 0.375. The summed E-state index contributed by atoms with van der Waals surface area (Å²) in [4.78, 5) is 25.2. The number of anilines is 1. The van der Waals surface area contributed by atoms with E-state index >= 15 is 0 Å². The topological polar surface area (TPSA) is 68.3 Å². The molecule has 0 unspecified atom stereocenters. The van der Waals surface area contributed by atoms with Gasteiger partial charge in [0, 0.05) is 5.38 Å². The molecule has 1 aromatic rings. The smallest absolute Gasteiger partial charge is 0.315 e. The Bertz CT molecular complexity index is 394. The van der Waals surface area contributed by atoms with Crippen LogP contribution in [0.2, 0.25) is 0 Å². The van der Waals surface area contributed by atoms with E-state index < -0.39 is 18.3 Å². The molecule has 0 aliphatic heterocycles. The van der Waals surface area contributed by atoms with Crippen molar-refractivity contribution in [3.05, 3.63) is 11.1 Å². The van der Waals surface area contributed by atoms with Gasteiger partial charge in [-0.05, 0) is 0 Å². The molecule has 0 aliphatic carbocycles. The van der Waals surface area contributed by atoms with E-state index in [0.29, 0.717) is 5.69 Å². The van der Waals surface area contributed by atoms with Crippen LogP contribution in [-0.2, 0) is 20.7 Å². The number of halogens is 2. The fourth-order valence-electron chi connectivity index (χ4n) is 0.826. The molecule has 5 nitrogen and oxygen atoms in total. The van der Waals surface area contributed by atoms with E-state index in [-0.39, 0.29) is 11.6 Å². The molecule has 0 spiro atoms. The Morgan fingerprint density at radius 3 is 2.88 bits per heavy atom. The Balaban J connectivity index is 2.58. The zero-order chi connectivity index (χ0) is 12.1. The lowest BCUT2D eigenvalue weighted by Crippen LogP contribution is -2.20. The summed E-state index contributed by atoms with van der Waals surface area (Å²) in [5, 5.41) is 3.44. The standard InChI is InChI=1S/C8H8F2N2O3S/c1-15-5(13)2-4-3-16-8(11-4)12-7(14)6(9)10/h3,6H,2H2,1H3,(H,11,12,14). The van der Waals surface area contributed by atoms with Gasteiger partial charge in [-0.3, -0.25) is 14.9 Å². The second-order valence-electron chi connectivity index (χ2n) is 2.69. The zero-order valence-corrected chi connectivity index (χ0v) is 9.01. The third kappa shape index (κ3) is 3.54. The van der Waals surface area contributed by atoms with Gasteiger partial charge in [-0.2, -0.15) is 8.78 Å². The molecule has 16 heavy (non-hydrogen) atoms. The van der Waals surface area contributed by atoms with E-state index in [0.717, 1.165) is 11.3 Å². The summed E-state index contributed by atoms with van der Waals surface area (Å²) in [6.07, 6.45) is -3.15. The van der Waals surface area contributed by atoms with E-state index in [1.165, 1.54) is 12.5 Å². The van der Waals surface area contributed by atoms with E-state index in [2.05, 4.69) is 9.72 Å². The van der Waals surface area contributed by atoms with Crippen LogP contribution in [0, 0.1) is 0 Å². The molecule has 0 atom stereocenters. The summed E-state index contributed by atoms with van der Waals surface area (Å²) in [5.41, 5.74) is 0.362. The largest absolute Gasteiger partial charge is 0.469 e. The van der Waals surface area contributed by atoms with Crippen LogP contribution in [0.3, 0.4) is 0 Å². The van der Waals surface area contributed by atoms with Crippen LogP contribution in [0.25, 0.3) is 0 Å². The van der Waals surface area contributed by atoms with Crippen LogP contribution in [0.15, 0.2) is 5.38 Å². The van der Waals surface area contributed by atoms with Crippen molar-refractivity contribution >= 4 is 28.3 Å². The number of thiazole rings is 1. The quantitative estimate of drug-likeness (QED) is 0.811. The van der Waals surface area contributed by atoms with Crippen molar-refractivity contribution < 1.29 is 23.1 Å². The molecule has 1 N–H and O–H groups in total. The number of esters is 1. The van der Waals surface area contributed by atoms with Gasteiger partial charge < -0.3 is 4.74 Å². The van der Waals surface area contributed by atoms with Gasteiger partial charge in [0.25, 0.3) is 5.91 Å². The number of alkyl halides is 2. The monoisotopic (exact) mass is 250 g/mol. The fourth-order valence-corrected chi connectivity index (χ4v) is 1.54. The predicted molar refractivity (Wildman–Crippen MR) is 52.5 cm³/mol. The normalized spacial score (nSPS) is 10.2. The van der Waals surface area contributed by atoms with Crippen LogP contribution in [0.5, 0.6) is 0 Å². The second kappa shape index (κ2) is 5.50. The lowest BCUT2D eigenvalue weighted by molar-refractivity contribution is -0.139. The first-order valence-corrected chi connectivity index (χ1v) is 5.01. The molecule has 0 saturated carbocycles. The number of hydrogen-bond acceptors (Lipinski definition) is 5. The van der Waals surface area contributed by atoms with Crippen LogP contribution in [0.4, 0.5) is 13.9 Å². The van der Waals surface area contributed by atoms with Crippen LogP contribution >= 0.6 is 11.3 Å². The lowest BCUT2D eigenvalue weighted by atomic mass is 10.3. The van der Waals surface area contributed by atoms with Crippen molar-refractivity contribution in [2.75, 3.05) is 12.4 Å². The Hall–Kier alpha value is -1.57. The number of aromatic nitrogens is 1. The number of amides is 1. The molecule has 0 radical (unpaired) electrons. The maximum Gasteiger partial charge on any atom is 0.315 e. The van der Waals surface area contributed by atoms with Gasteiger partial charge >= 0.3 is 12.4 Å². The first-order chi connectivity index (χ1) is 7.52. The van der Waals surface area contributed by atoms with Crippen molar-refractivity contribution in [2.45, 2.75) is 12.8 Å². The van der Waals surface area contributed by atoms with Gasteiger partial charge in [-0.25, -0.2) is 4.98 Å². The van der Waals surface area contributed by atoms with E-state index in [4.69, 9.17) is 0 Å². The van der Waals surface area contributed by atoms with E-state index in [1.54, 1.807) is 0 Å². The van der Waals surface area contributed by atoms with E-state index in [1.807, 2.05) is 5.32 Å². The van der Waals surface area contributed by atoms with Crippen molar-refractivity contribution in [1.29, 1.82) is 0 Å². The van der Waals surface area contributed by atoms with E-state index in [9.17, 15) is 18.4 Å². The molecule has 0 fully saturated rings. The third-order valence-corrected chi connectivity index (χ3v) is 2.34. The Labute approximate surface area is 93.4 Å². The number of ether oxygens (including phenoxy) is 1. The van der Waals surface area contributed by atoms with Crippen molar-refractivity contribution in [3.8, 4) is 0 Å². The molecule has 0 saturated heterocycles. The van der Waals surface area contributed by atoms with Gasteiger partial charge in [-0.15, -0.1) is 11.3 Å². The summed E-state index contributed by atoms with van der Waals surface area (Å²) >= 11 is 0.964. The van der Waals surface area contributed by atoms with Gasteiger partial charge in [0.15, 0.2) is 5.13 Å². The average molecular weight is 250 g/mol. The molecule has 88 valence electrons. The summed E-state index contributed by atoms with van der Waals surface area (Å²) in [6, 6.07) is 0. The molecule has 1 heterocycles. The van der Waals surface area contributed by atoms with Crippen LogP contribution in [0.1, 0.15) is 5.69 Å². The summed E-state index contributed by atoms with van der Waals surface area (Å²) in [5.74, 6) is -1.91. The molecule has 0 aliphatic rings. The summed E-state index contributed by atoms with van der Waals surface area (Å²) < 4.78 is 28.2. The highest BCUT2D eigenvalue weighted by Crippen LogP contribution is 2.16. The van der Waals surface area contributed by atoms with Gasteiger partial charge in [0.2, 0.25) is 0 Å². The maximum atomic E-state index is 11.9. The van der Waals surface area contributed by atoms with Gasteiger partial charge in [0.05, 0.1) is 19.2 Å². The highest BCUT2D eigenvalue weighted by molar-refractivity contribution is 7.13. The number of nitrogens with zero attached hydrogens (tertiary/aromatic N) is 1. The zero-order valence-electron chi connectivity index (χ0n) is 8.20. The number of carbonyl (C=O) groups excluding carboxylic acids is 2. The van der Waals surface area contributed by atoms with Crippen molar-refractivity contribution in [2.24, 2.45) is 0 Å². The molecule has 1 amide bonds. The summed E-state index contributed by atoms with van der Waals surface area (Å²) in [6.45, 7) is 0. The molecule has 1 aromatic heterocycles. The minimum absolute atomic E-state index is 0.0317. The molecule has 8 heteroatoms. The Kier molecular flexibility index (Phi) is 4.29. The lowest BCUT2D eigenvalue weighted by Gasteiger charge is -1.98. The van der Waals surface area contributed by atoms with Crippen LogP contribution in [-0.4, -0.2) is 30.4 Å². The SMILES string of the molecule is COC(=O)Cc1csc(NC(=O)C(F)F)n1. The summed E-state index contributed by atoms with van der Waals surface area (Å²) in [7, 11) is 1.23. The van der Waals surface area contributed by atoms with Crippen molar-refractivity contribution in [1.82, 2.24) is 4.98 Å². The third-order valence-electron chi connectivity index (χ3n) is 1.53. The number of carbonyl (C=O) groups is 2. The molecule has 1 rings (SSSR count). The molecular formula is C8H8F2N2O3S. The average Bonchev–Trinajstić information content (AvgIpc) is 2.65. The molecular weight excluding hydrogens is 242 g/mol. The Morgan fingerprint density at radius 1 is 1.62 bits per heavy atom. The predicted octanol–water partition coefficient (Wildman–Crippen LogP) is 1.06. The minimum Gasteiger partial charge on any atom is -0.469 e. The molecule has 0 aromatic carbocycles. The first kappa shape index (κ1) is 12.5. The molecule has 0 bridgehead atoms. The van der Waals surface area contributed by atoms with Gasteiger partial charge in [0.1, 0.15) is 0 Å². The second-order valence-corrected chi connectivity index (χ2v) is 3.54. The first-order valence-electron chi connectivity index (χ1n) is 4.13. The highest BCUT2D eigenvalue weighted by atomic mass is 32.1. The number of hydrogen-bond donors (Lipinski definition) is 1. The Morgan fingerprint density at radius 2 is 2.31 bits per heavy atom.